The number of hydrogen-bond acceptors (Lipinski definition) is 4. The van der Waals surface area contributed by atoms with Gasteiger partial charge in [0.1, 0.15) is 6.29 Å². The molecule has 0 radical (unpaired) electrons. The minimum atomic E-state index is 0.157. The van der Waals surface area contributed by atoms with Crippen LogP contribution in [0, 0.1) is 0 Å². The van der Waals surface area contributed by atoms with E-state index >= 15 is 0 Å². The molecule has 1 aromatic carbocycles. The number of nitrogens with zero attached hydrogens (tertiary/aromatic N) is 1. The lowest BCUT2D eigenvalue weighted by atomic mass is 10.1. The van der Waals surface area contributed by atoms with Crippen molar-refractivity contribution < 1.29 is 14.7 Å². The molecule has 0 fully saturated rings. The quantitative estimate of drug-likeness (QED) is 0.261. The minimum Gasteiger partial charge on any atom is -0.475 e. The molecule has 0 aliphatic carbocycles. The summed E-state index contributed by atoms with van der Waals surface area (Å²) in [5.41, 5.74) is 1.21. The van der Waals surface area contributed by atoms with Crippen LogP contribution in [0.3, 0.4) is 0 Å². The van der Waals surface area contributed by atoms with Gasteiger partial charge < -0.3 is 9.94 Å². The molecule has 0 atom stereocenters. The molecule has 0 aliphatic heterocycles. The topological polar surface area (TPSA) is 58.9 Å². The molecule has 0 spiro atoms. The summed E-state index contributed by atoms with van der Waals surface area (Å²) in [6.07, 6.45) is 0.750. The lowest BCUT2D eigenvalue weighted by molar-refractivity contribution is 0.112. The van der Waals surface area contributed by atoms with E-state index in [4.69, 9.17) is 9.94 Å². The number of oxime groups is 1. The molecule has 74 valence electrons. The Labute approximate surface area is 81.8 Å². The summed E-state index contributed by atoms with van der Waals surface area (Å²) in [5.74, 6) is 0.157. The smallest absolute Gasteiger partial charge is 0.257 e. The van der Waals surface area contributed by atoms with Gasteiger partial charge in [0.25, 0.3) is 5.90 Å². The van der Waals surface area contributed by atoms with E-state index in [1.165, 1.54) is 0 Å². The predicted octanol–water partition coefficient (Wildman–Crippen LogP) is 1.67. The molecule has 1 rings (SSSR count). The number of carbonyl (C=O) groups excluding carboxylic acids is 1. The molecule has 4 heteroatoms. The van der Waals surface area contributed by atoms with Crippen molar-refractivity contribution in [1.29, 1.82) is 0 Å². The Morgan fingerprint density at radius 1 is 1.50 bits per heavy atom. The van der Waals surface area contributed by atoms with Gasteiger partial charge in [-0.05, 0) is 24.2 Å². The Balaban J connectivity index is 2.89. The highest BCUT2D eigenvalue weighted by Gasteiger charge is 2.03. The van der Waals surface area contributed by atoms with Crippen molar-refractivity contribution >= 4 is 12.2 Å². The van der Waals surface area contributed by atoms with Crippen LogP contribution in [0.25, 0.3) is 0 Å². The van der Waals surface area contributed by atoms with E-state index in [1.807, 2.05) is 0 Å². The summed E-state index contributed by atoms with van der Waals surface area (Å²) in [4.78, 5) is 10.4. The summed E-state index contributed by atoms with van der Waals surface area (Å²) < 4.78 is 5.06. The standard InChI is InChI=1S/C10H11NO3/c1-2-14-10(11-13)9-5-3-8(7-12)4-6-9/h3-7,13H,2H2,1H3. The molecule has 0 heterocycles. The van der Waals surface area contributed by atoms with Crippen molar-refractivity contribution in [2.45, 2.75) is 6.92 Å². The van der Waals surface area contributed by atoms with Crippen LogP contribution in [0.1, 0.15) is 22.8 Å². The third-order valence-corrected chi connectivity index (χ3v) is 1.67. The van der Waals surface area contributed by atoms with Gasteiger partial charge >= 0.3 is 0 Å². The highest BCUT2D eigenvalue weighted by Crippen LogP contribution is 2.05. The van der Waals surface area contributed by atoms with Crippen molar-refractivity contribution in [2.75, 3.05) is 6.61 Å². The van der Waals surface area contributed by atoms with Gasteiger partial charge in [-0.3, -0.25) is 4.79 Å². The van der Waals surface area contributed by atoms with E-state index < -0.39 is 0 Å². The SMILES string of the molecule is CCOC(=NO)c1ccc(C=O)cc1. The van der Waals surface area contributed by atoms with Crippen molar-refractivity contribution in [3.8, 4) is 0 Å². The predicted molar refractivity (Wildman–Crippen MR) is 51.8 cm³/mol. The highest BCUT2D eigenvalue weighted by atomic mass is 16.5. The maximum absolute atomic E-state index is 10.4. The molecule has 0 aromatic heterocycles. The van der Waals surface area contributed by atoms with Crippen molar-refractivity contribution in [1.82, 2.24) is 0 Å². The zero-order valence-corrected chi connectivity index (χ0v) is 7.80. The fraction of sp³-hybridized carbons (Fsp3) is 0.200. The van der Waals surface area contributed by atoms with Gasteiger partial charge in [-0.2, -0.15) is 0 Å². The first-order valence-corrected chi connectivity index (χ1v) is 4.22. The third kappa shape index (κ3) is 2.32. The first kappa shape index (κ1) is 10.2. The van der Waals surface area contributed by atoms with Gasteiger partial charge in [0.2, 0.25) is 0 Å². The number of hydrogen-bond donors (Lipinski definition) is 1. The van der Waals surface area contributed by atoms with Crippen LogP contribution in [0.15, 0.2) is 29.4 Å². The Morgan fingerprint density at radius 3 is 2.57 bits per heavy atom. The van der Waals surface area contributed by atoms with E-state index in [1.54, 1.807) is 31.2 Å². The first-order valence-electron chi connectivity index (χ1n) is 4.22. The molecule has 1 aromatic rings. The Hall–Kier alpha value is -1.84. The zero-order chi connectivity index (χ0) is 10.4. The third-order valence-electron chi connectivity index (χ3n) is 1.67. The average Bonchev–Trinajstić information content (AvgIpc) is 2.26. The highest BCUT2D eigenvalue weighted by molar-refractivity contribution is 5.94. The second kappa shape index (κ2) is 5.01. The number of carbonyl (C=O) groups is 1. The number of ether oxygens (including phenoxy) is 1. The van der Waals surface area contributed by atoms with E-state index in [0.29, 0.717) is 17.7 Å². The van der Waals surface area contributed by atoms with Crippen LogP contribution < -0.4 is 0 Å². The van der Waals surface area contributed by atoms with Gasteiger partial charge in [0.15, 0.2) is 0 Å². The van der Waals surface area contributed by atoms with Crippen LogP contribution in [0.2, 0.25) is 0 Å². The van der Waals surface area contributed by atoms with E-state index in [2.05, 4.69) is 5.16 Å². The normalized spacial score (nSPS) is 11.1. The lowest BCUT2D eigenvalue weighted by Crippen LogP contribution is -2.06. The van der Waals surface area contributed by atoms with Crippen molar-refractivity contribution in [3.05, 3.63) is 35.4 Å². The molecular weight excluding hydrogens is 182 g/mol. The first-order chi connectivity index (χ1) is 6.81. The molecule has 0 unspecified atom stereocenters. The molecule has 4 nitrogen and oxygen atoms in total. The summed E-state index contributed by atoms with van der Waals surface area (Å²) >= 11 is 0. The molecule has 0 amide bonds. The largest absolute Gasteiger partial charge is 0.475 e. The van der Waals surface area contributed by atoms with Crippen molar-refractivity contribution in [2.24, 2.45) is 5.16 Å². The van der Waals surface area contributed by atoms with E-state index in [-0.39, 0.29) is 5.90 Å². The fourth-order valence-electron chi connectivity index (χ4n) is 1.01. The summed E-state index contributed by atoms with van der Waals surface area (Å²) in [5, 5.41) is 11.6. The molecule has 14 heavy (non-hydrogen) atoms. The summed E-state index contributed by atoms with van der Waals surface area (Å²) in [7, 11) is 0. The molecule has 1 N–H and O–H groups in total. The van der Waals surface area contributed by atoms with Crippen LogP contribution in [0.5, 0.6) is 0 Å². The van der Waals surface area contributed by atoms with Crippen molar-refractivity contribution in [3.63, 3.8) is 0 Å². The summed E-state index contributed by atoms with van der Waals surface area (Å²) in [6.45, 7) is 2.22. The second-order valence-corrected chi connectivity index (χ2v) is 2.58. The Morgan fingerprint density at radius 2 is 2.14 bits per heavy atom. The maximum Gasteiger partial charge on any atom is 0.257 e. The number of aldehydes is 1. The fourth-order valence-corrected chi connectivity index (χ4v) is 1.01. The monoisotopic (exact) mass is 193 g/mol. The van der Waals surface area contributed by atoms with Gasteiger partial charge in [0, 0.05) is 11.1 Å². The van der Waals surface area contributed by atoms with Crippen LogP contribution in [-0.2, 0) is 4.74 Å². The van der Waals surface area contributed by atoms with Gasteiger partial charge in [-0.1, -0.05) is 12.1 Å². The summed E-state index contributed by atoms with van der Waals surface area (Å²) in [6, 6.07) is 6.59. The van der Waals surface area contributed by atoms with Gasteiger partial charge in [-0.25, -0.2) is 0 Å². The molecule has 0 saturated heterocycles. The van der Waals surface area contributed by atoms with Crippen LogP contribution in [0.4, 0.5) is 0 Å². The lowest BCUT2D eigenvalue weighted by Gasteiger charge is -2.04. The van der Waals surface area contributed by atoms with Gasteiger partial charge in [-0.15, -0.1) is 0 Å². The minimum absolute atomic E-state index is 0.157. The van der Waals surface area contributed by atoms with Crippen LogP contribution >= 0.6 is 0 Å². The molecule has 0 aliphatic rings. The number of rotatable bonds is 3. The second-order valence-electron chi connectivity index (χ2n) is 2.58. The molecule has 0 saturated carbocycles. The zero-order valence-electron chi connectivity index (χ0n) is 7.80. The molecule has 0 bridgehead atoms. The number of benzene rings is 1. The average molecular weight is 193 g/mol. The Bertz CT molecular complexity index is 330. The van der Waals surface area contributed by atoms with Crippen LogP contribution in [-0.4, -0.2) is 24.0 Å². The van der Waals surface area contributed by atoms with Gasteiger partial charge in [0.05, 0.1) is 6.61 Å². The van der Waals surface area contributed by atoms with E-state index in [9.17, 15) is 4.79 Å². The van der Waals surface area contributed by atoms with E-state index in [0.717, 1.165) is 6.29 Å². The maximum atomic E-state index is 10.4. The molecular formula is C10H11NO3. The Kier molecular flexibility index (Phi) is 3.67.